The highest BCUT2D eigenvalue weighted by Gasteiger charge is 2.29. The van der Waals surface area contributed by atoms with Crippen LogP contribution in [0, 0.1) is 5.82 Å². The number of rotatable bonds is 4. The van der Waals surface area contributed by atoms with Crippen LogP contribution in [0.1, 0.15) is 34.0 Å². The van der Waals surface area contributed by atoms with Crippen LogP contribution in [0.5, 0.6) is 0 Å². The number of likely N-dealkylation sites (tertiary alicyclic amines) is 1. The maximum absolute atomic E-state index is 13.3. The van der Waals surface area contributed by atoms with Crippen LogP contribution in [-0.4, -0.2) is 40.1 Å². The van der Waals surface area contributed by atoms with Crippen molar-refractivity contribution >= 4 is 16.8 Å². The van der Waals surface area contributed by atoms with Crippen LogP contribution in [0.4, 0.5) is 4.39 Å². The monoisotopic (exact) mass is 379 g/mol. The van der Waals surface area contributed by atoms with Gasteiger partial charge in [-0.25, -0.2) is 9.37 Å². The summed E-state index contributed by atoms with van der Waals surface area (Å²) in [4.78, 5) is 18.3. The number of amides is 1. The first-order chi connectivity index (χ1) is 13.5. The smallest absolute Gasteiger partial charge is 0.267 e. The van der Waals surface area contributed by atoms with Crippen molar-refractivity contribution < 1.29 is 14.3 Å². The molecule has 1 aliphatic heterocycles. The summed E-state index contributed by atoms with van der Waals surface area (Å²) in [7, 11) is 0. The Kier molecular flexibility index (Phi) is 5.07. The number of fused-ring (bicyclic) bond motifs is 1. The van der Waals surface area contributed by atoms with Crippen LogP contribution >= 0.6 is 0 Å². The van der Waals surface area contributed by atoms with E-state index >= 15 is 0 Å². The van der Waals surface area contributed by atoms with Crippen molar-refractivity contribution in [1.29, 1.82) is 0 Å². The number of para-hydroxylation sites is 1. The number of hydrogen-bond acceptors (Lipinski definition) is 4. The number of piperidine rings is 1. The van der Waals surface area contributed by atoms with Gasteiger partial charge in [0.05, 0.1) is 11.6 Å². The van der Waals surface area contributed by atoms with Crippen molar-refractivity contribution in [3.63, 3.8) is 0 Å². The lowest BCUT2D eigenvalue weighted by molar-refractivity contribution is 0.0569. The van der Waals surface area contributed by atoms with Gasteiger partial charge in [-0.2, -0.15) is 0 Å². The van der Waals surface area contributed by atoms with E-state index in [9.17, 15) is 14.3 Å². The second-order valence-corrected chi connectivity index (χ2v) is 7.30. The molecule has 2 atom stereocenters. The van der Waals surface area contributed by atoms with Crippen LogP contribution in [0.3, 0.4) is 0 Å². The average Bonchev–Trinajstić information content (AvgIpc) is 2.70. The van der Waals surface area contributed by atoms with E-state index in [0.717, 1.165) is 28.6 Å². The van der Waals surface area contributed by atoms with E-state index in [4.69, 9.17) is 5.73 Å². The highest BCUT2D eigenvalue weighted by Crippen LogP contribution is 2.29. The summed E-state index contributed by atoms with van der Waals surface area (Å²) >= 11 is 0. The number of primary amides is 1. The first-order valence-corrected chi connectivity index (χ1v) is 9.35. The molecule has 0 bridgehead atoms. The van der Waals surface area contributed by atoms with Gasteiger partial charge in [-0.3, -0.25) is 9.69 Å². The fraction of sp³-hybridized carbons (Fsp3) is 0.273. The third-order valence-electron chi connectivity index (χ3n) is 5.41. The van der Waals surface area contributed by atoms with Gasteiger partial charge in [0.15, 0.2) is 0 Å². The van der Waals surface area contributed by atoms with Gasteiger partial charge in [0.1, 0.15) is 11.5 Å². The molecule has 1 fully saturated rings. The number of pyridine rings is 1. The molecule has 1 aliphatic rings. The molecule has 0 aliphatic carbocycles. The zero-order valence-electron chi connectivity index (χ0n) is 15.4. The number of nitrogens with two attached hydrogens (primary N) is 1. The van der Waals surface area contributed by atoms with Gasteiger partial charge in [-0.15, -0.1) is 0 Å². The molecule has 144 valence electrons. The quantitative estimate of drug-likeness (QED) is 0.731. The first kappa shape index (κ1) is 18.5. The van der Waals surface area contributed by atoms with E-state index < -0.39 is 12.0 Å². The lowest BCUT2D eigenvalue weighted by Crippen LogP contribution is -2.41. The Balaban J connectivity index is 1.62. The largest absolute Gasteiger partial charge is 0.392 e. The summed E-state index contributed by atoms with van der Waals surface area (Å²) < 4.78 is 13.3. The van der Waals surface area contributed by atoms with Crippen LogP contribution in [0.15, 0.2) is 54.6 Å². The molecule has 28 heavy (non-hydrogen) atoms. The molecule has 2 aromatic carbocycles. The molecule has 4 rings (SSSR count). The predicted molar refractivity (Wildman–Crippen MR) is 105 cm³/mol. The number of aliphatic hydroxyl groups is 1. The molecule has 1 amide bonds. The minimum atomic E-state index is -0.551. The van der Waals surface area contributed by atoms with E-state index in [1.54, 1.807) is 18.2 Å². The Bertz CT molecular complexity index is 1010. The van der Waals surface area contributed by atoms with E-state index in [2.05, 4.69) is 9.88 Å². The fourth-order valence-corrected chi connectivity index (χ4v) is 3.93. The summed E-state index contributed by atoms with van der Waals surface area (Å²) in [6, 6.07) is 15.8. The second kappa shape index (κ2) is 7.66. The van der Waals surface area contributed by atoms with E-state index in [0.29, 0.717) is 19.5 Å². The summed E-state index contributed by atoms with van der Waals surface area (Å²) in [6.45, 7) is 2.00. The Morgan fingerprint density at radius 2 is 1.96 bits per heavy atom. The minimum Gasteiger partial charge on any atom is -0.392 e. The lowest BCUT2D eigenvalue weighted by Gasteiger charge is -2.36. The molecular formula is C22H22FN3O2. The highest BCUT2D eigenvalue weighted by atomic mass is 19.1. The molecule has 3 aromatic rings. The number of aromatic nitrogens is 1. The van der Waals surface area contributed by atoms with Gasteiger partial charge in [0.25, 0.3) is 5.91 Å². The van der Waals surface area contributed by atoms with Gasteiger partial charge in [-0.1, -0.05) is 30.3 Å². The normalized spacial score (nSPS) is 20.4. The van der Waals surface area contributed by atoms with Gasteiger partial charge >= 0.3 is 0 Å². The van der Waals surface area contributed by atoms with Gasteiger partial charge in [-0.05, 0) is 41.8 Å². The number of benzene rings is 2. The topological polar surface area (TPSA) is 79.5 Å². The van der Waals surface area contributed by atoms with Crippen LogP contribution in [0.2, 0.25) is 0 Å². The molecule has 1 aromatic heterocycles. The number of carbonyl (C=O) groups excluding carboxylic acids is 1. The standard InChI is InChI=1S/C22H22FN3O2/c23-16-7-5-14(6-8-16)18-13-26(10-9-21(18)27)12-15-11-20(22(24)28)25-19-4-2-1-3-17(15)19/h1-8,11,18,21,27H,9-10,12-13H2,(H2,24,28). The number of hydrogen-bond donors (Lipinski definition) is 2. The van der Waals surface area contributed by atoms with Crippen molar-refractivity contribution in [1.82, 2.24) is 9.88 Å². The van der Waals surface area contributed by atoms with Gasteiger partial charge < -0.3 is 10.8 Å². The lowest BCUT2D eigenvalue weighted by atomic mass is 9.87. The maximum atomic E-state index is 13.3. The van der Waals surface area contributed by atoms with E-state index in [1.165, 1.54) is 12.1 Å². The third-order valence-corrected chi connectivity index (χ3v) is 5.41. The first-order valence-electron chi connectivity index (χ1n) is 9.35. The predicted octanol–water partition coefficient (Wildman–Crippen LogP) is 2.82. The highest BCUT2D eigenvalue weighted by molar-refractivity contribution is 5.94. The third kappa shape index (κ3) is 3.74. The molecule has 1 saturated heterocycles. The van der Waals surface area contributed by atoms with Crippen molar-refractivity contribution in [2.75, 3.05) is 13.1 Å². The summed E-state index contributed by atoms with van der Waals surface area (Å²) in [5, 5.41) is 11.5. The molecule has 3 N–H and O–H groups in total. The molecule has 2 unspecified atom stereocenters. The molecule has 0 spiro atoms. The van der Waals surface area contributed by atoms with Crippen molar-refractivity contribution in [2.24, 2.45) is 5.73 Å². The van der Waals surface area contributed by atoms with Gasteiger partial charge in [0, 0.05) is 30.9 Å². The van der Waals surface area contributed by atoms with Crippen molar-refractivity contribution in [3.8, 4) is 0 Å². The summed E-state index contributed by atoms with van der Waals surface area (Å²) in [5.74, 6) is -0.920. The van der Waals surface area contributed by atoms with Crippen LogP contribution < -0.4 is 5.73 Å². The zero-order chi connectivity index (χ0) is 19.7. The molecular weight excluding hydrogens is 357 g/mol. The molecule has 0 radical (unpaired) electrons. The zero-order valence-corrected chi connectivity index (χ0v) is 15.4. The molecule has 6 heteroatoms. The second-order valence-electron chi connectivity index (χ2n) is 7.30. The maximum Gasteiger partial charge on any atom is 0.267 e. The van der Waals surface area contributed by atoms with Gasteiger partial charge in [0.2, 0.25) is 0 Å². The molecule has 2 heterocycles. The SMILES string of the molecule is NC(=O)c1cc(CN2CCC(O)C(c3ccc(F)cc3)C2)c2ccccc2n1. The number of carbonyl (C=O) groups is 1. The summed E-state index contributed by atoms with van der Waals surface area (Å²) in [6.07, 6.45) is 0.172. The van der Waals surface area contributed by atoms with E-state index in [1.807, 2.05) is 24.3 Å². The number of aliphatic hydroxyl groups excluding tert-OH is 1. The Morgan fingerprint density at radius 1 is 1.21 bits per heavy atom. The molecule has 0 saturated carbocycles. The Labute approximate surface area is 162 Å². The molecule has 5 nitrogen and oxygen atoms in total. The fourth-order valence-electron chi connectivity index (χ4n) is 3.93. The average molecular weight is 379 g/mol. The number of nitrogens with zero attached hydrogens (tertiary/aromatic N) is 2. The van der Waals surface area contributed by atoms with Crippen LogP contribution in [-0.2, 0) is 6.54 Å². The van der Waals surface area contributed by atoms with E-state index in [-0.39, 0.29) is 17.4 Å². The minimum absolute atomic E-state index is 0.0851. The Morgan fingerprint density at radius 3 is 2.71 bits per heavy atom. The summed E-state index contributed by atoms with van der Waals surface area (Å²) in [5.41, 5.74) is 8.35. The Hall–Kier alpha value is -2.83. The van der Waals surface area contributed by atoms with Crippen LogP contribution in [0.25, 0.3) is 10.9 Å². The number of halogens is 1. The van der Waals surface area contributed by atoms with Crippen molar-refractivity contribution in [2.45, 2.75) is 25.0 Å². The van der Waals surface area contributed by atoms with Crippen molar-refractivity contribution in [3.05, 3.63) is 77.2 Å².